The monoisotopic (exact) mass is 397 g/mol. The third kappa shape index (κ3) is 3.05. The van der Waals surface area contributed by atoms with Gasteiger partial charge in [0.2, 0.25) is 5.91 Å². The Kier molecular flexibility index (Phi) is 4.56. The van der Waals surface area contributed by atoms with Gasteiger partial charge in [0, 0.05) is 30.4 Å². The van der Waals surface area contributed by atoms with Crippen LogP contribution in [0.3, 0.4) is 0 Å². The highest BCUT2D eigenvalue weighted by molar-refractivity contribution is 6.42. The second kappa shape index (κ2) is 6.74. The second-order valence-electron chi connectivity index (χ2n) is 6.40. The van der Waals surface area contributed by atoms with Crippen LogP contribution in [0.2, 0.25) is 10.0 Å². The van der Waals surface area contributed by atoms with Crippen LogP contribution in [0.1, 0.15) is 17.9 Å². The van der Waals surface area contributed by atoms with Gasteiger partial charge < -0.3 is 15.2 Å². The van der Waals surface area contributed by atoms with Gasteiger partial charge in [0.1, 0.15) is 0 Å². The Morgan fingerprint density at radius 2 is 2.00 bits per heavy atom. The number of aliphatic hydroxyl groups excluding tert-OH is 1. The van der Waals surface area contributed by atoms with E-state index in [0.29, 0.717) is 27.7 Å². The van der Waals surface area contributed by atoms with Crippen molar-refractivity contribution in [3.63, 3.8) is 0 Å². The molecule has 0 saturated carbocycles. The van der Waals surface area contributed by atoms with Crippen molar-refractivity contribution in [2.24, 2.45) is 5.92 Å². The fourth-order valence-electron chi connectivity index (χ4n) is 3.73. The molecule has 0 radical (unpaired) electrons. The quantitative estimate of drug-likeness (QED) is 0.777. The van der Waals surface area contributed by atoms with Crippen LogP contribution < -0.4 is 5.32 Å². The summed E-state index contributed by atoms with van der Waals surface area (Å²) in [5.41, 5.74) is 1.05. The number of nitrogens with one attached hydrogen (secondary N) is 1. The average Bonchev–Trinajstić information content (AvgIpc) is 3.16. The largest absolute Gasteiger partial charge is 0.390 e. The number of benzene rings is 1. The third-order valence-corrected chi connectivity index (χ3v) is 5.58. The topological polar surface area (TPSA) is 84.3 Å². The minimum atomic E-state index is -0.852. The highest BCUT2D eigenvalue weighted by Gasteiger charge is 2.57. The van der Waals surface area contributed by atoms with Gasteiger partial charge in [-0.1, -0.05) is 23.2 Å². The van der Waals surface area contributed by atoms with Gasteiger partial charge in [-0.25, -0.2) is 9.97 Å². The number of amides is 1. The number of fused-ring (bicyclic) bond motifs is 2. The molecule has 5 atom stereocenters. The molecule has 136 valence electrons. The highest BCUT2D eigenvalue weighted by atomic mass is 35.5. The van der Waals surface area contributed by atoms with Crippen LogP contribution in [0.4, 0.5) is 10.1 Å². The van der Waals surface area contributed by atoms with Gasteiger partial charge in [0.25, 0.3) is 0 Å². The first-order valence-electron chi connectivity index (χ1n) is 8.01. The Bertz CT molecular complexity index is 852. The Labute approximate surface area is 158 Å². The predicted molar refractivity (Wildman–Crippen MR) is 92.6 cm³/mol. The number of carbonyl (C=O) groups is 1. The summed E-state index contributed by atoms with van der Waals surface area (Å²) in [6.07, 6.45) is 0.473. The fraction of sp³-hybridized carbons (Fsp3) is 0.353. The maximum absolute atomic E-state index is 13.0. The van der Waals surface area contributed by atoms with E-state index in [-0.39, 0.29) is 5.91 Å². The molecule has 0 aliphatic carbocycles. The smallest absolute Gasteiger partial charge is 0.308 e. The maximum atomic E-state index is 13.0. The van der Waals surface area contributed by atoms with Crippen molar-refractivity contribution in [1.82, 2.24) is 9.97 Å². The van der Waals surface area contributed by atoms with E-state index in [9.17, 15) is 14.3 Å². The summed E-state index contributed by atoms with van der Waals surface area (Å²) in [6.45, 7) is 0. The van der Waals surface area contributed by atoms with Crippen molar-refractivity contribution < 1.29 is 19.0 Å². The van der Waals surface area contributed by atoms with Crippen LogP contribution in [-0.2, 0) is 9.53 Å². The molecule has 1 aromatic carbocycles. The molecule has 2 aromatic rings. The first-order chi connectivity index (χ1) is 12.4. The molecule has 2 bridgehead atoms. The zero-order chi connectivity index (χ0) is 18.4. The summed E-state index contributed by atoms with van der Waals surface area (Å²) in [4.78, 5) is 20.0. The minimum absolute atomic E-state index is 0.280. The SMILES string of the molecule is O=C(Nc1ccc(Cl)c(Cl)c1)C1C2CC(O)C(O2)C1c1cnc(F)nc1. The number of ether oxygens (including phenoxy) is 1. The number of carbonyl (C=O) groups excluding carboxylic acids is 1. The molecule has 2 aliphatic rings. The molecule has 2 N–H and O–H groups in total. The molecule has 2 fully saturated rings. The Morgan fingerprint density at radius 3 is 2.69 bits per heavy atom. The molecular formula is C17H14Cl2FN3O3. The molecule has 3 heterocycles. The third-order valence-electron chi connectivity index (χ3n) is 4.84. The summed E-state index contributed by atoms with van der Waals surface area (Å²) < 4.78 is 18.8. The molecule has 1 aromatic heterocycles. The van der Waals surface area contributed by atoms with E-state index in [1.807, 2.05) is 0 Å². The van der Waals surface area contributed by atoms with Crippen molar-refractivity contribution in [1.29, 1.82) is 0 Å². The number of aliphatic hydroxyl groups is 1. The van der Waals surface area contributed by atoms with Gasteiger partial charge in [-0.05, 0) is 23.8 Å². The van der Waals surface area contributed by atoms with Gasteiger partial charge in [-0.15, -0.1) is 0 Å². The number of rotatable bonds is 3. The lowest BCUT2D eigenvalue weighted by Crippen LogP contribution is -2.41. The standard InChI is InChI=1S/C17H14Cl2FN3O3/c18-9-2-1-8(3-10(9)19)23-16(25)14-12-4-11(24)15(26-12)13(14)7-5-21-17(20)22-6-7/h1-3,5-6,11-15,24H,4H2,(H,23,25). The first-order valence-corrected chi connectivity index (χ1v) is 8.76. The van der Waals surface area contributed by atoms with Crippen LogP contribution >= 0.6 is 23.2 Å². The Hall–Kier alpha value is -1.80. The summed E-state index contributed by atoms with van der Waals surface area (Å²) in [5, 5.41) is 13.7. The zero-order valence-corrected chi connectivity index (χ0v) is 14.8. The average molecular weight is 398 g/mol. The second-order valence-corrected chi connectivity index (χ2v) is 7.21. The van der Waals surface area contributed by atoms with E-state index in [4.69, 9.17) is 27.9 Å². The lowest BCUT2D eigenvalue weighted by Gasteiger charge is -2.29. The molecule has 0 spiro atoms. The van der Waals surface area contributed by atoms with Crippen molar-refractivity contribution in [3.8, 4) is 0 Å². The van der Waals surface area contributed by atoms with Crippen LogP contribution in [0.15, 0.2) is 30.6 Å². The molecule has 2 aliphatic heterocycles. The molecule has 2 saturated heterocycles. The molecule has 4 rings (SSSR count). The number of hydrogen-bond donors (Lipinski definition) is 2. The summed E-state index contributed by atoms with van der Waals surface area (Å²) >= 11 is 11.9. The number of nitrogens with zero attached hydrogens (tertiary/aromatic N) is 2. The number of aromatic nitrogens is 2. The van der Waals surface area contributed by atoms with Gasteiger partial charge in [-0.3, -0.25) is 4.79 Å². The van der Waals surface area contributed by atoms with Crippen molar-refractivity contribution >= 4 is 34.8 Å². The number of halogens is 3. The van der Waals surface area contributed by atoms with Crippen molar-refractivity contribution in [2.45, 2.75) is 30.7 Å². The van der Waals surface area contributed by atoms with Crippen LogP contribution in [0.5, 0.6) is 0 Å². The van der Waals surface area contributed by atoms with Crippen LogP contribution in [0, 0.1) is 12.0 Å². The highest BCUT2D eigenvalue weighted by Crippen LogP contribution is 2.49. The first kappa shape index (κ1) is 17.6. The molecule has 5 unspecified atom stereocenters. The molecule has 1 amide bonds. The van der Waals surface area contributed by atoms with E-state index in [2.05, 4.69) is 15.3 Å². The lowest BCUT2D eigenvalue weighted by molar-refractivity contribution is -0.121. The summed E-state index contributed by atoms with van der Waals surface area (Å²) in [7, 11) is 0. The maximum Gasteiger partial charge on any atom is 0.308 e. The van der Waals surface area contributed by atoms with E-state index in [1.54, 1.807) is 18.2 Å². The van der Waals surface area contributed by atoms with Gasteiger partial charge in [0.15, 0.2) is 0 Å². The molecule has 6 nitrogen and oxygen atoms in total. The van der Waals surface area contributed by atoms with Crippen LogP contribution in [0.25, 0.3) is 0 Å². The van der Waals surface area contributed by atoms with Crippen LogP contribution in [-0.4, -0.2) is 39.3 Å². The van der Waals surface area contributed by atoms with E-state index in [0.717, 1.165) is 0 Å². The van der Waals surface area contributed by atoms with Gasteiger partial charge in [-0.2, -0.15) is 4.39 Å². The summed E-state index contributed by atoms with van der Waals surface area (Å²) in [6, 6.07) is 4.79. The van der Waals surface area contributed by atoms with Crippen molar-refractivity contribution in [3.05, 3.63) is 52.3 Å². The number of hydrogen-bond acceptors (Lipinski definition) is 5. The van der Waals surface area contributed by atoms with Gasteiger partial charge in [0.05, 0.1) is 34.3 Å². The summed E-state index contributed by atoms with van der Waals surface area (Å²) in [5.74, 6) is -1.31. The normalized spacial score (nSPS) is 29.8. The molecular weight excluding hydrogens is 384 g/mol. The van der Waals surface area contributed by atoms with Crippen molar-refractivity contribution in [2.75, 3.05) is 5.32 Å². The van der Waals surface area contributed by atoms with E-state index >= 15 is 0 Å². The molecule has 9 heteroatoms. The Balaban J connectivity index is 1.61. The zero-order valence-electron chi connectivity index (χ0n) is 13.3. The fourth-order valence-corrected chi connectivity index (χ4v) is 4.03. The molecule has 26 heavy (non-hydrogen) atoms. The minimum Gasteiger partial charge on any atom is -0.390 e. The van der Waals surface area contributed by atoms with E-state index < -0.39 is 36.2 Å². The van der Waals surface area contributed by atoms with Gasteiger partial charge >= 0.3 is 6.08 Å². The lowest BCUT2D eigenvalue weighted by atomic mass is 9.74. The van der Waals surface area contributed by atoms with E-state index in [1.165, 1.54) is 12.4 Å². The Morgan fingerprint density at radius 1 is 1.27 bits per heavy atom. The number of anilines is 1. The predicted octanol–water partition coefficient (Wildman–Crippen LogP) is 2.79.